The van der Waals surface area contributed by atoms with Gasteiger partial charge < -0.3 is 9.47 Å². The molecule has 0 amide bonds. The fourth-order valence-electron chi connectivity index (χ4n) is 3.08. The summed E-state index contributed by atoms with van der Waals surface area (Å²) in [6.45, 7) is 3.17. The Balaban J connectivity index is 1.80. The van der Waals surface area contributed by atoms with E-state index in [0.29, 0.717) is 18.4 Å². The van der Waals surface area contributed by atoms with E-state index in [1.165, 1.54) is 32.1 Å². The van der Waals surface area contributed by atoms with Crippen LogP contribution >= 0.6 is 0 Å². The van der Waals surface area contributed by atoms with Gasteiger partial charge in [0.05, 0.1) is 25.7 Å². The Bertz CT molecular complexity index is 244. The summed E-state index contributed by atoms with van der Waals surface area (Å²) in [5.74, 6) is -0.111. The van der Waals surface area contributed by atoms with Gasteiger partial charge in [0.1, 0.15) is 0 Å². The van der Waals surface area contributed by atoms with E-state index >= 15 is 0 Å². The van der Waals surface area contributed by atoms with Crippen molar-refractivity contribution in [3.63, 3.8) is 0 Å². The lowest BCUT2D eigenvalue weighted by molar-refractivity contribution is -0.145. The molecule has 2 rings (SSSR count). The first-order valence-electron chi connectivity index (χ1n) is 6.51. The molecule has 1 unspecified atom stereocenters. The Kier molecular flexibility index (Phi) is 3.85. The maximum Gasteiger partial charge on any atom is 0.308 e. The molecule has 0 radical (unpaired) electrons. The minimum Gasteiger partial charge on any atom is -0.466 e. The molecule has 1 aliphatic carbocycles. The topological polar surface area (TPSA) is 35.5 Å². The Morgan fingerprint density at radius 1 is 1.38 bits per heavy atom. The van der Waals surface area contributed by atoms with E-state index in [4.69, 9.17) is 9.47 Å². The number of hydrogen-bond acceptors (Lipinski definition) is 3. The highest BCUT2D eigenvalue weighted by molar-refractivity contribution is 5.70. The van der Waals surface area contributed by atoms with Gasteiger partial charge in [-0.05, 0) is 31.6 Å². The molecular weight excluding hydrogens is 204 g/mol. The average Bonchev–Trinajstić information content (AvgIpc) is 2.63. The zero-order valence-electron chi connectivity index (χ0n) is 10.2. The first kappa shape index (κ1) is 11.9. The van der Waals surface area contributed by atoms with E-state index in [2.05, 4.69) is 0 Å². The van der Waals surface area contributed by atoms with Crippen LogP contribution in [0, 0.1) is 5.41 Å². The van der Waals surface area contributed by atoms with Crippen molar-refractivity contribution in [3.05, 3.63) is 0 Å². The highest BCUT2D eigenvalue weighted by Gasteiger charge is 2.41. The Labute approximate surface area is 97.5 Å². The summed E-state index contributed by atoms with van der Waals surface area (Å²) >= 11 is 0. The maximum atomic E-state index is 11.4. The van der Waals surface area contributed by atoms with Crippen molar-refractivity contribution in [3.8, 4) is 0 Å². The van der Waals surface area contributed by atoms with Gasteiger partial charge in [-0.25, -0.2) is 0 Å². The van der Waals surface area contributed by atoms with Crippen molar-refractivity contribution in [1.82, 2.24) is 0 Å². The number of ether oxygens (including phenoxy) is 2. The second-order valence-corrected chi connectivity index (χ2v) is 5.21. The molecule has 0 aromatic heterocycles. The summed E-state index contributed by atoms with van der Waals surface area (Å²) in [4.78, 5) is 11.4. The van der Waals surface area contributed by atoms with Gasteiger partial charge in [-0.3, -0.25) is 4.79 Å². The van der Waals surface area contributed by atoms with Crippen LogP contribution in [-0.4, -0.2) is 25.3 Å². The minimum atomic E-state index is -0.111. The molecule has 1 spiro atoms. The van der Waals surface area contributed by atoms with Crippen LogP contribution in [0.4, 0.5) is 0 Å². The van der Waals surface area contributed by atoms with Gasteiger partial charge in [0, 0.05) is 0 Å². The normalized spacial score (nSPS) is 28.2. The first-order valence-corrected chi connectivity index (χ1v) is 6.51. The molecule has 1 heterocycles. The van der Waals surface area contributed by atoms with E-state index in [9.17, 15) is 4.79 Å². The molecule has 0 N–H and O–H groups in total. The lowest BCUT2D eigenvalue weighted by Crippen LogP contribution is -2.24. The third-order valence-corrected chi connectivity index (χ3v) is 3.90. The predicted octanol–water partition coefficient (Wildman–Crippen LogP) is 2.68. The monoisotopic (exact) mass is 226 g/mol. The van der Waals surface area contributed by atoms with Crippen LogP contribution < -0.4 is 0 Å². The number of carbonyl (C=O) groups excluding carboxylic acids is 1. The SMILES string of the molecule is CCOC(=O)CC1CC2(CCCCC2)CO1. The van der Waals surface area contributed by atoms with Gasteiger partial charge in [-0.15, -0.1) is 0 Å². The number of rotatable bonds is 3. The van der Waals surface area contributed by atoms with Gasteiger partial charge >= 0.3 is 5.97 Å². The highest BCUT2D eigenvalue weighted by Crippen LogP contribution is 2.45. The molecule has 1 saturated heterocycles. The standard InChI is InChI=1S/C13H22O3/c1-2-15-12(14)8-11-9-13(10-16-11)6-4-3-5-7-13/h11H,2-10H2,1H3. The van der Waals surface area contributed by atoms with Gasteiger partial charge in [0.2, 0.25) is 0 Å². The van der Waals surface area contributed by atoms with Crippen LogP contribution in [0.25, 0.3) is 0 Å². The molecule has 2 aliphatic rings. The molecule has 92 valence electrons. The van der Waals surface area contributed by atoms with Crippen molar-refractivity contribution in [2.24, 2.45) is 5.41 Å². The van der Waals surface area contributed by atoms with Crippen molar-refractivity contribution in [2.75, 3.05) is 13.2 Å². The fraction of sp³-hybridized carbons (Fsp3) is 0.923. The molecule has 1 atom stereocenters. The van der Waals surface area contributed by atoms with E-state index in [1.807, 2.05) is 6.92 Å². The van der Waals surface area contributed by atoms with E-state index in [0.717, 1.165) is 13.0 Å². The van der Waals surface area contributed by atoms with E-state index < -0.39 is 0 Å². The van der Waals surface area contributed by atoms with Crippen LogP contribution in [0.15, 0.2) is 0 Å². The van der Waals surface area contributed by atoms with E-state index in [1.54, 1.807) is 0 Å². The van der Waals surface area contributed by atoms with Crippen LogP contribution in [0.3, 0.4) is 0 Å². The van der Waals surface area contributed by atoms with E-state index in [-0.39, 0.29) is 12.1 Å². The molecule has 0 aromatic carbocycles. The quantitative estimate of drug-likeness (QED) is 0.694. The summed E-state index contributed by atoms with van der Waals surface area (Å²) in [5, 5.41) is 0. The second-order valence-electron chi connectivity index (χ2n) is 5.21. The number of esters is 1. The largest absolute Gasteiger partial charge is 0.466 e. The minimum absolute atomic E-state index is 0.108. The van der Waals surface area contributed by atoms with Gasteiger partial charge in [-0.2, -0.15) is 0 Å². The molecule has 3 nitrogen and oxygen atoms in total. The molecule has 0 aromatic rings. The van der Waals surface area contributed by atoms with Crippen molar-refractivity contribution in [1.29, 1.82) is 0 Å². The van der Waals surface area contributed by atoms with Crippen LogP contribution in [0.2, 0.25) is 0 Å². The Morgan fingerprint density at radius 2 is 2.12 bits per heavy atom. The van der Waals surface area contributed by atoms with Crippen LogP contribution in [0.1, 0.15) is 51.9 Å². The fourth-order valence-corrected chi connectivity index (χ4v) is 3.08. The Hall–Kier alpha value is -0.570. The smallest absolute Gasteiger partial charge is 0.308 e. The summed E-state index contributed by atoms with van der Waals surface area (Å²) in [7, 11) is 0. The first-order chi connectivity index (χ1) is 7.74. The molecule has 16 heavy (non-hydrogen) atoms. The Morgan fingerprint density at radius 3 is 2.81 bits per heavy atom. The van der Waals surface area contributed by atoms with Gasteiger partial charge in [0.15, 0.2) is 0 Å². The molecular formula is C13H22O3. The number of hydrogen-bond donors (Lipinski definition) is 0. The predicted molar refractivity (Wildman–Crippen MR) is 61.1 cm³/mol. The lowest BCUT2D eigenvalue weighted by atomic mass is 9.72. The third-order valence-electron chi connectivity index (χ3n) is 3.90. The van der Waals surface area contributed by atoms with Crippen molar-refractivity contribution < 1.29 is 14.3 Å². The van der Waals surface area contributed by atoms with Gasteiger partial charge in [0.25, 0.3) is 0 Å². The summed E-state index contributed by atoms with van der Waals surface area (Å²) in [5.41, 5.74) is 0.398. The number of carbonyl (C=O) groups is 1. The molecule has 2 fully saturated rings. The average molecular weight is 226 g/mol. The van der Waals surface area contributed by atoms with Gasteiger partial charge in [-0.1, -0.05) is 19.3 Å². The highest BCUT2D eigenvalue weighted by atomic mass is 16.5. The zero-order chi connectivity index (χ0) is 11.4. The van der Waals surface area contributed by atoms with Crippen LogP contribution in [-0.2, 0) is 14.3 Å². The van der Waals surface area contributed by atoms with Crippen LogP contribution in [0.5, 0.6) is 0 Å². The summed E-state index contributed by atoms with van der Waals surface area (Å²) in [6.07, 6.45) is 8.20. The summed E-state index contributed by atoms with van der Waals surface area (Å²) < 4.78 is 10.7. The molecule has 0 bridgehead atoms. The second kappa shape index (κ2) is 5.17. The molecule has 1 saturated carbocycles. The lowest BCUT2D eigenvalue weighted by Gasteiger charge is -2.31. The van der Waals surface area contributed by atoms with Crippen molar-refractivity contribution in [2.45, 2.75) is 58.0 Å². The van der Waals surface area contributed by atoms with Crippen molar-refractivity contribution >= 4 is 5.97 Å². The summed E-state index contributed by atoms with van der Waals surface area (Å²) in [6, 6.07) is 0. The third kappa shape index (κ3) is 2.76. The molecule has 1 aliphatic heterocycles. The maximum absolute atomic E-state index is 11.4. The molecule has 3 heteroatoms. The zero-order valence-corrected chi connectivity index (χ0v) is 10.2.